The second kappa shape index (κ2) is 8.93. The van der Waals surface area contributed by atoms with Gasteiger partial charge >= 0.3 is 0 Å². The molecule has 0 radical (unpaired) electrons. The van der Waals surface area contributed by atoms with Gasteiger partial charge in [0.25, 0.3) is 5.91 Å². The molecule has 170 valence electrons. The number of amides is 1. The van der Waals surface area contributed by atoms with Crippen molar-refractivity contribution in [2.45, 2.75) is 31.2 Å². The van der Waals surface area contributed by atoms with Gasteiger partial charge < -0.3 is 5.32 Å². The minimum absolute atomic E-state index is 0.0775. The first kappa shape index (κ1) is 22.9. The predicted octanol–water partition coefficient (Wildman–Crippen LogP) is 4.93. The number of nitrogens with zero attached hydrogens (tertiary/aromatic N) is 2. The lowest BCUT2D eigenvalue weighted by molar-refractivity contribution is 0.102. The standard InChI is InChI=1S/C24H24N4O3S2/c1-24(2,3)27-33(30,31)19-12-7-9-17(15-19)25-23(29)20-16-28(18-10-5-4-6-11-18)26-22(20)21-13-8-14-32-21/h4-16,27H,1-3H3,(H,25,29). The van der Waals surface area contributed by atoms with E-state index in [-0.39, 0.29) is 10.8 Å². The van der Waals surface area contributed by atoms with Crippen molar-refractivity contribution in [2.75, 3.05) is 5.32 Å². The highest BCUT2D eigenvalue weighted by Crippen LogP contribution is 2.28. The van der Waals surface area contributed by atoms with Crippen LogP contribution >= 0.6 is 11.3 Å². The van der Waals surface area contributed by atoms with Crippen molar-refractivity contribution in [1.29, 1.82) is 0 Å². The van der Waals surface area contributed by atoms with Gasteiger partial charge in [-0.25, -0.2) is 17.8 Å². The summed E-state index contributed by atoms with van der Waals surface area (Å²) in [5, 5.41) is 9.39. The number of rotatable bonds is 6. The third-order valence-electron chi connectivity index (χ3n) is 4.58. The van der Waals surface area contributed by atoms with Gasteiger partial charge in [0.15, 0.2) is 0 Å². The number of carbonyl (C=O) groups excluding carboxylic acids is 1. The number of thiophene rings is 1. The largest absolute Gasteiger partial charge is 0.322 e. The van der Waals surface area contributed by atoms with Crippen LogP contribution < -0.4 is 10.0 Å². The first-order chi connectivity index (χ1) is 15.6. The van der Waals surface area contributed by atoms with E-state index in [9.17, 15) is 13.2 Å². The van der Waals surface area contributed by atoms with Crippen LogP contribution in [0.2, 0.25) is 0 Å². The third kappa shape index (κ3) is 5.39. The van der Waals surface area contributed by atoms with E-state index in [0.717, 1.165) is 10.6 Å². The molecule has 0 atom stereocenters. The third-order valence-corrected chi connectivity index (χ3v) is 7.21. The molecule has 4 aromatic rings. The molecule has 4 rings (SSSR count). The number of hydrogen-bond donors (Lipinski definition) is 2. The molecule has 0 aliphatic rings. The van der Waals surface area contributed by atoms with Crippen molar-refractivity contribution in [1.82, 2.24) is 14.5 Å². The molecule has 0 aliphatic carbocycles. The van der Waals surface area contributed by atoms with E-state index < -0.39 is 15.6 Å². The fourth-order valence-electron chi connectivity index (χ4n) is 3.25. The molecule has 0 fully saturated rings. The molecule has 0 saturated heterocycles. The zero-order valence-corrected chi connectivity index (χ0v) is 20.1. The van der Waals surface area contributed by atoms with Crippen molar-refractivity contribution >= 4 is 33.0 Å². The Bertz CT molecular complexity index is 1370. The summed E-state index contributed by atoms with van der Waals surface area (Å²) in [6.45, 7) is 5.31. The van der Waals surface area contributed by atoms with Gasteiger partial charge in [-0.05, 0) is 62.5 Å². The number of para-hydroxylation sites is 1. The number of sulfonamides is 1. The van der Waals surface area contributed by atoms with Crippen molar-refractivity contribution < 1.29 is 13.2 Å². The Hall–Kier alpha value is -3.27. The van der Waals surface area contributed by atoms with Crippen LogP contribution in [0.25, 0.3) is 16.3 Å². The van der Waals surface area contributed by atoms with Crippen LogP contribution in [0.3, 0.4) is 0 Å². The minimum atomic E-state index is -3.73. The lowest BCUT2D eigenvalue weighted by atomic mass is 10.1. The lowest BCUT2D eigenvalue weighted by Gasteiger charge is -2.20. The van der Waals surface area contributed by atoms with E-state index in [0.29, 0.717) is 16.9 Å². The molecular weight excluding hydrogens is 456 g/mol. The van der Waals surface area contributed by atoms with Crippen LogP contribution in [0, 0.1) is 0 Å². The fourth-order valence-corrected chi connectivity index (χ4v) is 5.44. The molecule has 0 aliphatic heterocycles. The number of hydrogen-bond acceptors (Lipinski definition) is 5. The Kier molecular flexibility index (Phi) is 6.20. The van der Waals surface area contributed by atoms with Gasteiger partial charge in [0.05, 0.1) is 21.0 Å². The maximum Gasteiger partial charge on any atom is 0.259 e. The maximum absolute atomic E-state index is 13.2. The van der Waals surface area contributed by atoms with Crippen LogP contribution in [-0.2, 0) is 10.0 Å². The summed E-state index contributed by atoms with van der Waals surface area (Å²) in [7, 11) is -3.73. The quantitative estimate of drug-likeness (QED) is 0.409. The normalized spacial score (nSPS) is 12.0. The summed E-state index contributed by atoms with van der Waals surface area (Å²) in [5.74, 6) is -0.376. The van der Waals surface area contributed by atoms with E-state index >= 15 is 0 Å². The Morgan fingerprint density at radius 3 is 2.42 bits per heavy atom. The van der Waals surface area contributed by atoms with E-state index in [1.165, 1.54) is 23.5 Å². The average Bonchev–Trinajstić information content (AvgIpc) is 3.43. The van der Waals surface area contributed by atoms with Gasteiger partial charge in [0.2, 0.25) is 10.0 Å². The molecular formula is C24H24N4O3S2. The van der Waals surface area contributed by atoms with Gasteiger partial charge in [0, 0.05) is 17.4 Å². The Balaban J connectivity index is 1.66. The van der Waals surface area contributed by atoms with E-state index in [1.54, 1.807) is 43.8 Å². The van der Waals surface area contributed by atoms with Crippen molar-refractivity contribution in [2.24, 2.45) is 0 Å². The number of carbonyl (C=O) groups is 1. The van der Waals surface area contributed by atoms with E-state index in [2.05, 4.69) is 15.1 Å². The van der Waals surface area contributed by atoms with Gasteiger partial charge in [-0.3, -0.25) is 4.79 Å². The van der Waals surface area contributed by atoms with Gasteiger partial charge in [-0.15, -0.1) is 11.3 Å². The minimum Gasteiger partial charge on any atom is -0.322 e. The zero-order chi connectivity index (χ0) is 23.6. The predicted molar refractivity (Wildman–Crippen MR) is 131 cm³/mol. The van der Waals surface area contributed by atoms with Crippen molar-refractivity contribution in [3.63, 3.8) is 0 Å². The highest BCUT2D eigenvalue weighted by molar-refractivity contribution is 7.89. The smallest absolute Gasteiger partial charge is 0.259 e. The number of benzene rings is 2. The highest BCUT2D eigenvalue weighted by atomic mass is 32.2. The van der Waals surface area contributed by atoms with Crippen LogP contribution in [-0.4, -0.2) is 29.6 Å². The molecule has 7 nitrogen and oxygen atoms in total. The summed E-state index contributed by atoms with van der Waals surface area (Å²) < 4.78 is 29.7. The first-order valence-electron chi connectivity index (χ1n) is 10.3. The Morgan fingerprint density at radius 1 is 1.00 bits per heavy atom. The Labute approximate surface area is 197 Å². The van der Waals surface area contributed by atoms with Crippen molar-refractivity contribution in [3.8, 4) is 16.3 Å². The second-order valence-corrected chi connectivity index (χ2v) is 11.1. The molecule has 0 bridgehead atoms. The number of anilines is 1. The number of nitrogens with one attached hydrogen (secondary N) is 2. The summed E-state index contributed by atoms with van der Waals surface area (Å²) >= 11 is 1.49. The van der Waals surface area contributed by atoms with Crippen LogP contribution in [0.1, 0.15) is 31.1 Å². The first-order valence-corrected chi connectivity index (χ1v) is 12.6. The van der Waals surface area contributed by atoms with Gasteiger partial charge in [-0.1, -0.05) is 30.3 Å². The van der Waals surface area contributed by atoms with Crippen LogP contribution in [0.5, 0.6) is 0 Å². The van der Waals surface area contributed by atoms with Gasteiger partial charge in [0.1, 0.15) is 5.69 Å². The Morgan fingerprint density at radius 2 is 1.76 bits per heavy atom. The molecule has 0 spiro atoms. The molecule has 2 N–H and O–H groups in total. The molecule has 2 aromatic carbocycles. The summed E-state index contributed by atoms with van der Waals surface area (Å²) in [6.07, 6.45) is 1.68. The summed E-state index contributed by atoms with van der Waals surface area (Å²) in [6, 6.07) is 19.5. The van der Waals surface area contributed by atoms with E-state index in [1.807, 2.05) is 47.8 Å². The maximum atomic E-state index is 13.2. The number of aromatic nitrogens is 2. The highest BCUT2D eigenvalue weighted by Gasteiger charge is 2.23. The molecule has 0 saturated carbocycles. The summed E-state index contributed by atoms with van der Waals surface area (Å²) in [5.41, 5.74) is 1.53. The van der Waals surface area contributed by atoms with Crippen LogP contribution in [0.4, 0.5) is 5.69 Å². The molecule has 2 heterocycles. The zero-order valence-electron chi connectivity index (χ0n) is 18.4. The average molecular weight is 481 g/mol. The molecule has 9 heteroatoms. The molecule has 2 aromatic heterocycles. The topological polar surface area (TPSA) is 93.1 Å². The lowest BCUT2D eigenvalue weighted by Crippen LogP contribution is -2.40. The van der Waals surface area contributed by atoms with Crippen LogP contribution in [0.15, 0.2) is 83.2 Å². The molecule has 1 amide bonds. The fraction of sp³-hybridized carbons (Fsp3) is 0.167. The second-order valence-electron chi connectivity index (χ2n) is 8.49. The SMILES string of the molecule is CC(C)(C)NS(=O)(=O)c1cccc(NC(=O)c2cn(-c3ccccc3)nc2-c2cccs2)c1. The van der Waals surface area contributed by atoms with Crippen molar-refractivity contribution in [3.05, 3.63) is 83.9 Å². The monoisotopic (exact) mass is 480 g/mol. The molecule has 0 unspecified atom stereocenters. The van der Waals surface area contributed by atoms with E-state index in [4.69, 9.17) is 0 Å². The molecule has 33 heavy (non-hydrogen) atoms. The summed E-state index contributed by atoms with van der Waals surface area (Å²) in [4.78, 5) is 14.2. The van der Waals surface area contributed by atoms with Gasteiger partial charge in [-0.2, -0.15) is 5.10 Å².